The van der Waals surface area contributed by atoms with Gasteiger partial charge in [-0.05, 0) is 37.4 Å². The SMILES string of the molecule is CCC(F)(F)c1cccc(CC2CCCN2)c1. The fraction of sp³-hybridized carbons (Fsp3) is 0.571. The van der Waals surface area contributed by atoms with Gasteiger partial charge in [-0.3, -0.25) is 0 Å². The number of hydrogen-bond acceptors (Lipinski definition) is 1. The molecule has 0 radical (unpaired) electrons. The highest BCUT2D eigenvalue weighted by atomic mass is 19.3. The van der Waals surface area contributed by atoms with E-state index in [-0.39, 0.29) is 12.0 Å². The van der Waals surface area contributed by atoms with Crippen LogP contribution in [0.15, 0.2) is 24.3 Å². The van der Waals surface area contributed by atoms with Gasteiger partial charge in [0, 0.05) is 18.0 Å². The molecule has 1 N–H and O–H groups in total. The molecule has 94 valence electrons. The van der Waals surface area contributed by atoms with E-state index in [1.807, 2.05) is 6.07 Å². The lowest BCUT2D eigenvalue weighted by molar-refractivity contribution is -0.00836. The maximum absolute atomic E-state index is 13.6. The predicted molar refractivity (Wildman–Crippen MR) is 65.4 cm³/mol. The van der Waals surface area contributed by atoms with Gasteiger partial charge in [0.1, 0.15) is 0 Å². The number of hydrogen-bond donors (Lipinski definition) is 1. The molecule has 0 aliphatic carbocycles. The first kappa shape index (κ1) is 12.5. The second-order valence-corrected chi connectivity index (χ2v) is 4.76. The topological polar surface area (TPSA) is 12.0 Å². The molecule has 2 rings (SSSR count). The molecule has 1 saturated heterocycles. The van der Waals surface area contributed by atoms with Gasteiger partial charge in [-0.1, -0.05) is 25.1 Å². The fourth-order valence-electron chi connectivity index (χ4n) is 2.35. The fourth-order valence-corrected chi connectivity index (χ4v) is 2.35. The van der Waals surface area contributed by atoms with Crippen LogP contribution in [0.2, 0.25) is 0 Å². The summed E-state index contributed by atoms with van der Waals surface area (Å²) in [5, 5.41) is 3.39. The number of alkyl halides is 2. The van der Waals surface area contributed by atoms with E-state index in [9.17, 15) is 8.78 Å². The summed E-state index contributed by atoms with van der Waals surface area (Å²) < 4.78 is 27.1. The third-order valence-corrected chi connectivity index (χ3v) is 3.44. The van der Waals surface area contributed by atoms with Crippen molar-refractivity contribution in [2.24, 2.45) is 0 Å². The van der Waals surface area contributed by atoms with Crippen LogP contribution in [0.4, 0.5) is 8.78 Å². The maximum Gasteiger partial charge on any atom is 0.273 e. The number of rotatable bonds is 4. The average Bonchev–Trinajstić information content (AvgIpc) is 2.82. The van der Waals surface area contributed by atoms with Crippen molar-refractivity contribution in [3.05, 3.63) is 35.4 Å². The van der Waals surface area contributed by atoms with Crippen molar-refractivity contribution in [2.75, 3.05) is 6.54 Å². The van der Waals surface area contributed by atoms with Crippen LogP contribution in [0.25, 0.3) is 0 Å². The molecule has 1 aliphatic rings. The molecule has 1 fully saturated rings. The molecule has 1 nitrogen and oxygen atoms in total. The van der Waals surface area contributed by atoms with Crippen LogP contribution in [0.3, 0.4) is 0 Å². The van der Waals surface area contributed by atoms with Crippen molar-refractivity contribution in [1.29, 1.82) is 0 Å². The molecule has 1 heterocycles. The van der Waals surface area contributed by atoms with Gasteiger partial charge < -0.3 is 5.32 Å². The Morgan fingerprint density at radius 2 is 2.24 bits per heavy atom. The first-order chi connectivity index (χ1) is 8.12. The Bertz CT molecular complexity index is 370. The van der Waals surface area contributed by atoms with Crippen molar-refractivity contribution in [1.82, 2.24) is 5.32 Å². The Balaban J connectivity index is 2.10. The van der Waals surface area contributed by atoms with Crippen molar-refractivity contribution in [3.8, 4) is 0 Å². The van der Waals surface area contributed by atoms with E-state index in [2.05, 4.69) is 5.32 Å². The van der Waals surface area contributed by atoms with E-state index in [1.165, 1.54) is 19.4 Å². The zero-order valence-electron chi connectivity index (χ0n) is 10.2. The summed E-state index contributed by atoms with van der Waals surface area (Å²) in [5.74, 6) is -2.70. The molecular formula is C14H19F2N. The second kappa shape index (κ2) is 5.13. The Kier molecular flexibility index (Phi) is 3.77. The maximum atomic E-state index is 13.6. The molecular weight excluding hydrogens is 220 g/mol. The highest BCUT2D eigenvalue weighted by Gasteiger charge is 2.29. The minimum atomic E-state index is -2.70. The molecule has 1 unspecified atom stereocenters. The van der Waals surface area contributed by atoms with Gasteiger partial charge in [0.05, 0.1) is 0 Å². The predicted octanol–water partition coefficient (Wildman–Crippen LogP) is 3.48. The van der Waals surface area contributed by atoms with E-state index < -0.39 is 5.92 Å². The summed E-state index contributed by atoms with van der Waals surface area (Å²) >= 11 is 0. The van der Waals surface area contributed by atoms with E-state index >= 15 is 0 Å². The van der Waals surface area contributed by atoms with Crippen LogP contribution in [0, 0.1) is 0 Å². The molecule has 17 heavy (non-hydrogen) atoms. The summed E-state index contributed by atoms with van der Waals surface area (Å²) in [6.45, 7) is 2.57. The summed E-state index contributed by atoms with van der Waals surface area (Å²) in [4.78, 5) is 0. The normalized spacial score (nSPS) is 20.8. The summed E-state index contributed by atoms with van der Waals surface area (Å²) in [6, 6.07) is 7.32. The van der Waals surface area contributed by atoms with Gasteiger partial charge in [-0.2, -0.15) is 0 Å². The highest BCUT2D eigenvalue weighted by molar-refractivity contribution is 5.27. The first-order valence-corrected chi connectivity index (χ1v) is 6.32. The van der Waals surface area contributed by atoms with E-state index in [0.717, 1.165) is 24.9 Å². The standard InChI is InChI=1S/C14H19F2N/c1-2-14(15,16)12-6-3-5-11(9-12)10-13-7-4-8-17-13/h3,5-6,9,13,17H,2,4,7-8,10H2,1H3. The summed E-state index contributed by atoms with van der Waals surface area (Å²) in [5.41, 5.74) is 1.16. The number of halogens is 2. The van der Waals surface area contributed by atoms with Gasteiger partial charge in [0.25, 0.3) is 5.92 Å². The van der Waals surface area contributed by atoms with Crippen LogP contribution in [-0.2, 0) is 12.3 Å². The van der Waals surface area contributed by atoms with Crippen molar-refractivity contribution in [2.45, 2.75) is 44.6 Å². The molecule has 0 amide bonds. The van der Waals surface area contributed by atoms with Gasteiger partial charge in [-0.15, -0.1) is 0 Å². The van der Waals surface area contributed by atoms with Crippen molar-refractivity contribution in [3.63, 3.8) is 0 Å². The molecule has 0 aromatic heterocycles. The molecule has 0 spiro atoms. The third-order valence-electron chi connectivity index (χ3n) is 3.44. The lowest BCUT2D eigenvalue weighted by Crippen LogP contribution is -2.23. The molecule has 0 saturated carbocycles. The molecule has 1 aromatic carbocycles. The Morgan fingerprint density at radius 1 is 1.41 bits per heavy atom. The van der Waals surface area contributed by atoms with Crippen LogP contribution in [-0.4, -0.2) is 12.6 Å². The molecule has 1 atom stereocenters. The zero-order chi connectivity index (χ0) is 12.3. The number of nitrogens with one attached hydrogen (secondary N) is 1. The lowest BCUT2D eigenvalue weighted by Gasteiger charge is -2.16. The van der Waals surface area contributed by atoms with Crippen LogP contribution in [0.5, 0.6) is 0 Å². The smallest absolute Gasteiger partial charge is 0.273 e. The van der Waals surface area contributed by atoms with Gasteiger partial charge in [-0.25, -0.2) is 8.78 Å². The molecule has 3 heteroatoms. The monoisotopic (exact) mass is 239 g/mol. The number of benzene rings is 1. The largest absolute Gasteiger partial charge is 0.314 e. The van der Waals surface area contributed by atoms with Gasteiger partial charge in [0.2, 0.25) is 0 Å². The molecule has 1 aromatic rings. The van der Waals surface area contributed by atoms with Crippen LogP contribution >= 0.6 is 0 Å². The quantitative estimate of drug-likeness (QED) is 0.848. The highest BCUT2D eigenvalue weighted by Crippen LogP contribution is 2.31. The molecule has 0 bridgehead atoms. The minimum absolute atomic E-state index is 0.141. The average molecular weight is 239 g/mol. The van der Waals surface area contributed by atoms with Crippen LogP contribution in [0.1, 0.15) is 37.3 Å². The minimum Gasteiger partial charge on any atom is -0.314 e. The van der Waals surface area contributed by atoms with Crippen LogP contribution < -0.4 is 5.32 Å². The lowest BCUT2D eigenvalue weighted by atomic mass is 9.99. The van der Waals surface area contributed by atoms with E-state index in [0.29, 0.717) is 6.04 Å². The van der Waals surface area contributed by atoms with Gasteiger partial charge >= 0.3 is 0 Å². The van der Waals surface area contributed by atoms with Crippen molar-refractivity contribution >= 4 is 0 Å². The second-order valence-electron chi connectivity index (χ2n) is 4.76. The van der Waals surface area contributed by atoms with E-state index in [4.69, 9.17) is 0 Å². The van der Waals surface area contributed by atoms with E-state index in [1.54, 1.807) is 12.1 Å². The third kappa shape index (κ3) is 3.03. The van der Waals surface area contributed by atoms with Gasteiger partial charge in [0.15, 0.2) is 0 Å². The van der Waals surface area contributed by atoms with Crippen molar-refractivity contribution < 1.29 is 8.78 Å². The Morgan fingerprint density at radius 3 is 2.88 bits per heavy atom. The Hall–Kier alpha value is -0.960. The zero-order valence-corrected chi connectivity index (χ0v) is 10.2. The summed E-state index contributed by atoms with van der Waals surface area (Å²) in [6.07, 6.45) is 3.05. The summed E-state index contributed by atoms with van der Waals surface area (Å²) in [7, 11) is 0. The molecule has 1 aliphatic heterocycles. The Labute approximate surface area is 101 Å². The first-order valence-electron chi connectivity index (χ1n) is 6.32.